The van der Waals surface area contributed by atoms with E-state index in [4.69, 9.17) is 9.73 Å². The summed E-state index contributed by atoms with van der Waals surface area (Å²) < 4.78 is 7.40. The Kier molecular flexibility index (Phi) is 9.82. The molecule has 0 radical (unpaired) electrons. The SMILES string of the molecule is CCNC(=NCc1ccc(-n2ccnc2C)nc1)NCC(C)N1CCOCC1.I. The third-order valence-corrected chi connectivity index (χ3v) is 4.88. The van der Waals surface area contributed by atoms with E-state index in [1.54, 1.807) is 6.20 Å². The second kappa shape index (κ2) is 12.1. The molecule has 0 amide bonds. The van der Waals surface area contributed by atoms with Gasteiger partial charge in [-0.25, -0.2) is 15.0 Å². The number of imidazole rings is 1. The number of hydrogen-bond donors (Lipinski definition) is 2. The van der Waals surface area contributed by atoms with Crippen molar-refractivity contribution in [2.75, 3.05) is 39.4 Å². The van der Waals surface area contributed by atoms with E-state index < -0.39 is 0 Å². The maximum atomic E-state index is 5.43. The largest absolute Gasteiger partial charge is 0.379 e. The van der Waals surface area contributed by atoms with Crippen molar-refractivity contribution < 1.29 is 4.74 Å². The summed E-state index contributed by atoms with van der Waals surface area (Å²) in [4.78, 5) is 15.9. The average Bonchev–Trinajstić information content (AvgIpc) is 3.16. The number of pyridine rings is 1. The summed E-state index contributed by atoms with van der Waals surface area (Å²) in [6.07, 6.45) is 5.57. The molecule has 0 bridgehead atoms. The van der Waals surface area contributed by atoms with Gasteiger partial charge >= 0.3 is 0 Å². The Morgan fingerprint density at radius 2 is 2.03 bits per heavy atom. The summed E-state index contributed by atoms with van der Waals surface area (Å²) in [5, 5.41) is 6.77. The molecule has 1 atom stereocenters. The smallest absolute Gasteiger partial charge is 0.191 e. The first-order valence-electron chi connectivity index (χ1n) is 9.96. The fourth-order valence-corrected chi connectivity index (χ4v) is 3.18. The van der Waals surface area contributed by atoms with Gasteiger partial charge in [0.15, 0.2) is 5.96 Å². The number of nitrogens with one attached hydrogen (secondary N) is 2. The van der Waals surface area contributed by atoms with Crippen molar-refractivity contribution in [3.8, 4) is 5.82 Å². The highest BCUT2D eigenvalue weighted by atomic mass is 127. The molecular formula is C20H32IN7O. The predicted molar refractivity (Wildman–Crippen MR) is 126 cm³/mol. The Bertz CT molecular complexity index is 756. The van der Waals surface area contributed by atoms with Crippen LogP contribution >= 0.6 is 24.0 Å². The lowest BCUT2D eigenvalue weighted by Crippen LogP contribution is -2.49. The summed E-state index contributed by atoms with van der Waals surface area (Å²) in [5.74, 6) is 2.62. The van der Waals surface area contributed by atoms with Crippen LogP contribution in [0.4, 0.5) is 0 Å². The van der Waals surface area contributed by atoms with E-state index >= 15 is 0 Å². The van der Waals surface area contributed by atoms with E-state index in [9.17, 15) is 0 Å². The third-order valence-electron chi connectivity index (χ3n) is 4.88. The number of guanidine groups is 1. The van der Waals surface area contributed by atoms with E-state index in [0.29, 0.717) is 12.6 Å². The molecule has 160 valence electrons. The van der Waals surface area contributed by atoms with Crippen molar-refractivity contribution >= 4 is 29.9 Å². The highest BCUT2D eigenvalue weighted by Gasteiger charge is 2.17. The number of ether oxygens (including phenoxy) is 1. The second-order valence-electron chi connectivity index (χ2n) is 6.94. The van der Waals surface area contributed by atoms with Crippen molar-refractivity contribution in [2.45, 2.75) is 33.4 Å². The minimum atomic E-state index is 0. The molecule has 2 N–H and O–H groups in total. The van der Waals surface area contributed by atoms with Gasteiger partial charge in [0, 0.05) is 50.8 Å². The summed E-state index contributed by atoms with van der Waals surface area (Å²) >= 11 is 0. The molecule has 9 heteroatoms. The van der Waals surface area contributed by atoms with Gasteiger partial charge in [-0.2, -0.15) is 0 Å². The second-order valence-corrected chi connectivity index (χ2v) is 6.94. The molecule has 1 unspecified atom stereocenters. The first-order chi connectivity index (χ1) is 13.7. The van der Waals surface area contributed by atoms with E-state index in [0.717, 1.165) is 62.6 Å². The third kappa shape index (κ3) is 6.93. The molecule has 1 aliphatic rings. The van der Waals surface area contributed by atoms with Crippen LogP contribution in [0, 0.1) is 6.92 Å². The Hall–Kier alpha value is -1.72. The van der Waals surface area contributed by atoms with Crippen LogP contribution in [-0.2, 0) is 11.3 Å². The number of nitrogens with zero attached hydrogens (tertiary/aromatic N) is 5. The van der Waals surface area contributed by atoms with Crippen LogP contribution in [0.25, 0.3) is 5.82 Å². The van der Waals surface area contributed by atoms with Crippen molar-refractivity contribution in [3.05, 3.63) is 42.1 Å². The lowest BCUT2D eigenvalue weighted by Gasteiger charge is -2.32. The summed E-state index contributed by atoms with van der Waals surface area (Å²) in [5.41, 5.74) is 1.07. The van der Waals surface area contributed by atoms with E-state index in [1.165, 1.54) is 0 Å². The standard InChI is InChI=1S/C20H31N7O.HI/c1-4-21-20(24-13-16(2)26-9-11-28-12-10-26)25-15-18-5-6-19(23-14-18)27-8-7-22-17(27)3;/h5-8,14,16H,4,9-13,15H2,1-3H3,(H2,21,24,25);1H. The van der Waals surface area contributed by atoms with Crippen LogP contribution in [-0.4, -0.2) is 70.8 Å². The number of morpholine rings is 1. The highest BCUT2D eigenvalue weighted by Crippen LogP contribution is 2.09. The Morgan fingerprint density at radius 1 is 1.24 bits per heavy atom. The first kappa shape index (κ1) is 23.6. The molecule has 0 aliphatic carbocycles. The van der Waals surface area contributed by atoms with Crippen LogP contribution in [0.3, 0.4) is 0 Å². The normalized spacial score (nSPS) is 16.2. The number of rotatable bonds is 7. The van der Waals surface area contributed by atoms with E-state index in [2.05, 4.69) is 45.4 Å². The van der Waals surface area contributed by atoms with E-state index in [1.807, 2.05) is 30.0 Å². The number of aliphatic imine (C=N–C) groups is 1. The molecule has 29 heavy (non-hydrogen) atoms. The lowest BCUT2D eigenvalue weighted by molar-refractivity contribution is 0.0211. The molecule has 1 saturated heterocycles. The quantitative estimate of drug-likeness (QED) is 0.335. The Morgan fingerprint density at radius 3 is 2.66 bits per heavy atom. The van der Waals surface area contributed by atoms with Crippen molar-refractivity contribution in [2.24, 2.45) is 4.99 Å². The van der Waals surface area contributed by atoms with E-state index in [-0.39, 0.29) is 24.0 Å². The van der Waals surface area contributed by atoms with Gasteiger partial charge in [0.1, 0.15) is 11.6 Å². The predicted octanol–water partition coefficient (Wildman–Crippen LogP) is 1.97. The van der Waals surface area contributed by atoms with Gasteiger partial charge in [-0.15, -0.1) is 24.0 Å². The number of aromatic nitrogens is 3. The Labute approximate surface area is 190 Å². The molecule has 3 heterocycles. The van der Waals surface area contributed by atoms with Crippen molar-refractivity contribution in [1.82, 2.24) is 30.1 Å². The van der Waals surface area contributed by atoms with Gasteiger partial charge in [0.2, 0.25) is 0 Å². The molecule has 0 saturated carbocycles. The van der Waals surface area contributed by atoms with Crippen molar-refractivity contribution in [1.29, 1.82) is 0 Å². The maximum absolute atomic E-state index is 5.43. The summed E-state index contributed by atoms with van der Waals surface area (Å²) in [7, 11) is 0. The molecule has 3 rings (SSSR count). The van der Waals surface area contributed by atoms with Crippen LogP contribution < -0.4 is 10.6 Å². The van der Waals surface area contributed by atoms with Crippen LogP contribution in [0.5, 0.6) is 0 Å². The molecule has 2 aromatic rings. The number of halogens is 1. The topological polar surface area (TPSA) is 79.6 Å². The zero-order valence-corrected chi connectivity index (χ0v) is 19.8. The van der Waals surface area contributed by atoms with Crippen LogP contribution in [0.15, 0.2) is 35.7 Å². The van der Waals surface area contributed by atoms with Gasteiger partial charge in [0.25, 0.3) is 0 Å². The molecule has 0 aromatic carbocycles. The number of aryl methyl sites for hydroxylation is 1. The fraction of sp³-hybridized carbons (Fsp3) is 0.550. The minimum Gasteiger partial charge on any atom is -0.379 e. The Balaban J connectivity index is 0.00000300. The zero-order chi connectivity index (χ0) is 19.8. The van der Waals surface area contributed by atoms with Crippen LogP contribution in [0.2, 0.25) is 0 Å². The highest BCUT2D eigenvalue weighted by molar-refractivity contribution is 14.0. The average molecular weight is 513 g/mol. The molecular weight excluding hydrogens is 481 g/mol. The summed E-state index contributed by atoms with van der Waals surface area (Å²) in [6, 6.07) is 4.50. The molecule has 1 fully saturated rings. The van der Waals surface area contributed by atoms with Crippen LogP contribution in [0.1, 0.15) is 25.2 Å². The minimum absolute atomic E-state index is 0. The molecule has 2 aromatic heterocycles. The maximum Gasteiger partial charge on any atom is 0.191 e. The molecule has 0 spiro atoms. The van der Waals surface area contributed by atoms with Gasteiger partial charge in [-0.3, -0.25) is 9.47 Å². The summed E-state index contributed by atoms with van der Waals surface area (Å²) in [6.45, 7) is 12.2. The van der Waals surface area contributed by atoms with Crippen molar-refractivity contribution in [3.63, 3.8) is 0 Å². The molecule has 1 aliphatic heterocycles. The zero-order valence-electron chi connectivity index (χ0n) is 17.5. The van der Waals surface area contributed by atoms with Gasteiger partial charge in [-0.1, -0.05) is 6.07 Å². The fourth-order valence-electron chi connectivity index (χ4n) is 3.18. The first-order valence-corrected chi connectivity index (χ1v) is 9.96. The number of hydrogen-bond acceptors (Lipinski definition) is 5. The van der Waals surface area contributed by atoms with Gasteiger partial charge in [0.05, 0.1) is 19.8 Å². The van der Waals surface area contributed by atoms with Gasteiger partial charge in [-0.05, 0) is 32.4 Å². The van der Waals surface area contributed by atoms with Gasteiger partial charge < -0.3 is 15.4 Å². The lowest BCUT2D eigenvalue weighted by atomic mass is 10.2. The molecule has 8 nitrogen and oxygen atoms in total. The monoisotopic (exact) mass is 513 g/mol.